The Bertz CT molecular complexity index is 1870. The number of amides is 1. The molecule has 1 aliphatic heterocycles. The van der Waals surface area contributed by atoms with Gasteiger partial charge in [0.05, 0.1) is 40.7 Å². The monoisotopic (exact) mass is 639 g/mol. The van der Waals surface area contributed by atoms with E-state index in [-0.39, 0.29) is 44.1 Å². The van der Waals surface area contributed by atoms with Crippen LogP contribution in [0.25, 0.3) is 11.0 Å². The lowest BCUT2D eigenvalue weighted by molar-refractivity contribution is -0.287. The second-order valence-electron chi connectivity index (χ2n) is 9.73. The number of aliphatic carboxylic acids is 1. The number of alkyl halides is 5. The number of sulfone groups is 1. The van der Waals surface area contributed by atoms with Gasteiger partial charge in [0.1, 0.15) is 0 Å². The lowest BCUT2D eigenvalue weighted by atomic mass is 10.0. The highest BCUT2D eigenvalue weighted by atomic mass is 32.2. The highest BCUT2D eigenvalue weighted by Crippen LogP contribution is 2.44. The van der Waals surface area contributed by atoms with E-state index in [9.17, 15) is 45.1 Å². The Morgan fingerprint density at radius 3 is 2.41 bits per heavy atom. The average molecular weight is 640 g/mol. The minimum absolute atomic E-state index is 0.0129. The molecule has 0 unspecified atom stereocenters. The van der Waals surface area contributed by atoms with Gasteiger partial charge >= 0.3 is 18.4 Å². The van der Waals surface area contributed by atoms with E-state index < -0.39 is 64.8 Å². The van der Waals surface area contributed by atoms with E-state index in [1.54, 1.807) is 0 Å². The smallest absolute Gasteiger partial charge is 0.481 e. The number of imidazole rings is 1. The summed E-state index contributed by atoms with van der Waals surface area (Å²) >= 11 is 0. The maximum Gasteiger partial charge on any atom is 0.586 e. The number of nitrogens with one attached hydrogen (secondary N) is 1. The number of fused-ring (bicyclic) bond motifs is 2. The van der Waals surface area contributed by atoms with E-state index in [1.165, 1.54) is 61.5 Å². The summed E-state index contributed by atoms with van der Waals surface area (Å²) in [5, 5.41) is 11.9. The summed E-state index contributed by atoms with van der Waals surface area (Å²) < 4.78 is 103. The first kappa shape index (κ1) is 30.7. The Balaban J connectivity index is 1.46. The van der Waals surface area contributed by atoms with Crippen molar-refractivity contribution in [2.45, 2.75) is 43.3 Å². The zero-order valence-corrected chi connectivity index (χ0v) is 23.4. The van der Waals surface area contributed by atoms with E-state index in [2.05, 4.69) is 19.8 Å². The molecule has 3 aromatic carbocycles. The number of benzene rings is 3. The molecule has 0 bridgehead atoms. The fourth-order valence-electron chi connectivity index (χ4n) is 4.71. The molecule has 1 aromatic heterocycles. The molecule has 232 valence electrons. The van der Waals surface area contributed by atoms with Crippen LogP contribution in [0.15, 0.2) is 65.6 Å². The fraction of sp³-hybridized carbons (Fsp3) is 0.250. The van der Waals surface area contributed by atoms with E-state index >= 15 is 0 Å². The number of halogens is 5. The Morgan fingerprint density at radius 2 is 1.77 bits per heavy atom. The number of aromatic nitrogens is 2. The lowest BCUT2D eigenvalue weighted by Crippen LogP contribution is -2.30. The van der Waals surface area contributed by atoms with Gasteiger partial charge in [-0.25, -0.2) is 13.4 Å². The number of carboxylic acids is 1. The van der Waals surface area contributed by atoms with Gasteiger partial charge in [0, 0.05) is 11.1 Å². The summed E-state index contributed by atoms with van der Waals surface area (Å²) in [7, 11) is -3.53. The van der Waals surface area contributed by atoms with Crippen LogP contribution < -0.4 is 14.8 Å². The third-order valence-electron chi connectivity index (χ3n) is 6.81. The van der Waals surface area contributed by atoms with Crippen molar-refractivity contribution >= 4 is 32.7 Å². The maximum atomic E-state index is 14.0. The van der Waals surface area contributed by atoms with Crippen LogP contribution in [0, 0.1) is 0 Å². The molecular formula is C28H22F5N3O7S. The molecule has 0 fully saturated rings. The molecule has 0 saturated heterocycles. The standard InChI is InChI=1S/C28H22F5N3O7S/c1-2-44(40,41)18-9-6-15(7-10-18)19(13-23(37)38)34-25(39)16-8-11-21-20(12-16)35-26(27(29,30)31)36(21)14-17-4-3-5-22-24(17)43-28(32,33)42-22/h3-12,19H,2,13-14H2,1H3,(H,34,39)(H,37,38)/t19-/m0/s1. The minimum Gasteiger partial charge on any atom is -0.481 e. The van der Waals surface area contributed by atoms with Crippen LogP contribution in [0.4, 0.5) is 22.0 Å². The summed E-state index contributed by atoms with van der Waals surface area (Å²) in [5.41, 5.74) is -0.224. The van der Waals surface area contributed by atoms with Crippen molar-refractivity contribution in [1.29, 1.82) is 0 Å². The minimum atomic E-state index is -4.97. The van der Waals surface area contributed by atoms with E-state index in [1.807, 2.05) is 0 Å². The van der Waals surface area contributed by atoms with E-state index in [0.717, 1.165) is 10.6 Å². The number of carbonyl (C=O) groups is 2. The summed E-state index contributed by atoms with van der Waals surface area (Å²) in [6, 6.07) is 11.4. The SMILES string of the molecule is CCS(=O)(=O)c1ccc([C@H](CC(=O)O)NC(=O)c2ccc3c(c2)nc(C(F)(F)F)n3Cc2cccc3c2OC(F)(F)O3)cc1. The van der Waals surface area contributed by atoms with Crippen LogP contribution in [0.3, 0.4) is 0 Å². The van der Waals surface area contributed by atoms with Gasteiger partial charge in [0.2, 0.25) is 5.82 Å². The zero-order chi connectivity index (χ0) is 32.0. The molecule has 16 heteroatoms. The van der Waals surface area contributed by atoms with E-state index in [0.29, 0.717) is 0 Å². The normalized spacial score (nSPS) is 14.9. The second kappa shape index (κ2) is 11.1. The van der Waals surface area contributed by atoms with Crippen LogP contribution >= 0.6 is 0 Å². The Morgan fingerprint density at radius 1 is 1.07 bits per heavy atom. The first-order chi connectivity index (χ1) is 20.6. The van der Waals surface area contributed by atoms with Crippen molar-refractivity contribution in [1.82, 2.24) is 14.9 Å². The van der Waals surface area contributed by atoms with Gasteiger partial charge < -0.3 is 24.5 Å². The Labute approximate surface area is 245 Å². The number of para-hydroxylation sites is 1. The topological polar surface area (TPSA) is 137 Å². The van der Waals surface area contributed by atoms with Crippen LogP contribution in [-0.4, -0.2) is 47.0 Å². The number of carbonyl (C=O) groups excluding carboxylic acids is 1. The van der Waals surface area contributed by atoms with Crippen molar-refractivity contribution in [3.8, 4) is 11.5 Å². The van der Waals surface area contributed by atoms with Crippen LogP contribution in [-0.2, 0) is 27.4 Å². The lowest BCUT2D eigenvalue weighted by Gasteiger charge is -2.18. The molecule has 1 amide bonds. The van der Waals surface area contributed by atoms with Gasteiger partial charge in [0.15, 0.2) is 21.3 Å². The number of hydrogen-bond donors (Lipinski definition) is 2. The van der Waals surface area contributed by atoms with E-state index in [4.69, 9.17) is 0 Å². The number of carboxylic acid groups (broad SMARTS) is 1. The van der Waals surface area contributed by atoms with Crippen LogP contribution in [0.5, 0.6) is 11.5 Å². The zero-order valence-electron chi connectivity index (χ0n) is 22.6. The molecular weight excluding hydrogens is 617 g/mol. The van der Waals surface area contributed by atoms with Gasteiger partial charge in [0.25, 0.3) is 5.91 Å². The molecule has 0 radical (unpaired) electrons. The van der Waals surface area contributed by atoms with Gasteiger partial charge in [-0.1, -0.05) is 31.2 Å². The number of ether oxygens (including phenoxy) is 2. The van der Waals surface area contributed by atoms with Gasteiger partial charge in [-0.15, -0.1) is 8.78 Å². The van der Waals surface area contributed by atoms with Crippen LogP contribution in [0.1, 0.15) is 46.7 Å². The summed E-state index contributed by atoms with van der Waals surface area (Å²) in [5.74, 6) is -4.39. The van der Waals surface area contributed by atoms with Crippen molar-refractivity contribution in [2.24, 2.45) is 0 Å². The molecule has 10 nitrogen and oxygen atoms in total. The van der Waals surface area contributed by atoms with Gasteiger partial charge in [-0.3, -0.25) is 9.59 Å². The fourth-order valence-corrected chi connectivity index (χ4v) is 5.59. The molecule has 2 N–H and O–H groups in total. The quantitative estimate of drug-likeness (QED) is 0.240. The van der Waals surface area contributed by atoms with Gasteiger partial charge in [-0.2, -0.15) is 13.2 Å². The number of nitrogens with zero attached hydrogens (tertiary/aromatic N) is 2. The largest absolute Gasteiger partial charge is 0.586 e. The molecule has 5 rings (SSSR count). The summed E-state index contributed by atoms with van der Waals surface area (Å²) in [6.45, 7) is 0.885. The molecule has 0 spiro atoms. The summed E-state index contributed by atoms with van der Waals surface area (Å²) in [4.78, 5) is 28.3. The Hall–Kier alpha value is -4.73. The van der Waals surface area contributed by atoms with Crippen molar-refractivity contribution in [2.75, 3.05) is 5.75 Å². The third kappa shape index (κ3) is 6.15. The molecule has 0 aliphatic carbocycles. The highest BCUT2D eigenvalue weighted by Gasteiger charge is 2.45. The molecule has 4 aromatic rings. The average Bonchev–Trinajstić information content (AvgIpc) is 3.48. The number of rotatable bonds is 9. The Kier molecular flexibility index (Phi) is 7.73. The summed E-state index contributed by atoms with van der Waals surface area (Å²) in [6.07, 6.45) is -9.53. The predicted molar refractivity (Wildman–Crippen MR) is 143 cm³/mol. The molecule has 0 saturated carbocycles. The second-order valence-corrected chi connectivity index (χ2v) is 12.0. The van der Waals surface area contributed by atoms with Crippen molar-refractivity contribution in [3.63, 3.8) is 0 Å². The maximum absolute atomic E-state index is 14.0. The molecule has 1 aliphatic rings. The highest BCUT2D eigenvalue weighted by molar-refractivity contribution is 7.91. The molecule has 2 heterocycles. The molecule has 44 heavy (non-hydrogen) atoms. The third-order valence-corrected chi connectivity index (χ3v) is 8.56. The molecule has 1 atom stereocenters. The predicted octanol–water partition coefficient (Wildman–Crippen LogP) is 5.16. The first-order valence-corrected chi connectivity index (χ1v) is 14.5. The van der Waals surface area contributed by atoms with Crippen LogP contribution in [0.2, 0.25) is 0 Å². The van der Waals surface area contributed by atoms with Crippen molar-refractivity contribution in [3.05, 3.63) is 83.2 Å². The van der Waals surface area contributed by atoms with Crippen molar-refractivity contribution < 1.29 is 54.5 Å². The number of hydrogen-bond acceptors (Lipinski definition) is 7. The van der Waals surface area contributed by atoms with Gasteiger partial charge in [-0.05, 0) is 42.0 Å². The first-order valence-electron chi connectivity index (χ1n) is 12.9.